The van der Waals surface area contributed by atoms with Crippen molar-refractivity contribution in [2.45, 2.75) is 44.7 Å². The molecule has 1 unspecified atom stereocenters. The second kappa shape index (κ2) is 5.28. The maximum Gasteiger partial charge on any atom is 0.0642 e. The fraction of sp³-hybridized carbons (Fsp3) is 0.571. The lowest BCUT2D eigenvalue weighted by Crippen LogP contribution is -2.37. The van der Waals surface area contributed by atoms with Crippen LogP contribution in [0.15, 0.2) is 18.2 Å². The monoisotopic (exact) mass is 252 g/mol. The van der Waals surface area contributed by atoms with E-state index in [1.54, 1.807) is 0 Å². The highest BCUT2D eigenvalue weighted by Gasteiger charge is 2.23. The maximum atomic E-state index is 6.35. The molecule has 3 heteroatoms. The van der Waals surface area contributed by atoms with E-state index < -0.39 is 0 Å². The molecule has 0 amide bonds. The first kappa shape index (κ1) is 12.7. The van der Waals surface area contributed by atoms with E-state index in [1.807, 2.05) is 6.92 Å². The van der Waals surface area contributed by atoms with E-state index in [-0.39, 0.29) is 6.04 Å². The molecule has 0 bridgehead atoms. The molecule has 0 aromatic heterocycles. The molecule has 2 rings (SSSR count). The van der Waals surface area contributed by atoms with Gasteiger partial charge >= 0.3 is 0 Å². The lowest BCUT2D eigenvalue weighted by molar-refractivity contribution is 0.401. The predicted molar refractivity (Wildman–Crippen MR) is 74.8 cm³/mol. The average Bonchev–Trinajstić information content (AvgIpc) is 2.13. The van der Waals surface area contributed by atoms with Gasteiger partial charge in [-0.1, -0.05) is 17.7 Å². The number of hydrogen-bond acceptors (Lipinski definition) is 2. The molecule has 94 valence electrons. The number of nitrogens with two attached hydrogens (primary N) is 1. The van der Waals surface area contributed by atoms with E-state index in [0.29, 0.717) is 6.04 Å². The lowest BCUT2D eigenvalue weighted by Gasteiger charge is -2.36. The van der Waals surface area contributed by atoms with Crippen LogP contribution < -0.4 is 10.6 Å². The Balaban J connectivity index is 2.13. The third kappa shape index (κ3) is 2.93. The average molecular weight is 253 g/mol. The summed E-state index contributed by atoms with van der Waals surface area (Å²) in [5.41, 5.74) is 8.16. The van der Waals surface area contributed by atoms with Crippen LogP contribution in [0.3, 0.4) is 0 Å². The Morgan fingerprint density at radius 1 is 1.47 bits per heavy atom. The molecule has 0 spiro atoms. The van der Waals surface area contributed by atoms with E-state index in [2.05, 4.69) is 30.1 Å². The number of halogens is 1. The van der Waals surface area contributed by atoms with Gasteiger partial charge in [0.25, 0.3) is 0 Å². The zero-order valence-corrected chi connectivity index (χ0v) is 11.4. The van der Waals surface area contributed by atoms with Crippen LogP contribution in [0.4, 0.5) is 5.69 Å². The predicted octanol–water partition coefficient (Wildman–Crippen LogP) is 3.22. The molecule has 1 saturated carbocycles. The summed E-state index contributed by atoms with van der Waals surface area (Å²) in [5.74, 6) is 0. The first-order valence-electron chi connectivity index (χ1n) is 6.35. The normalized spacial score (nSPS) is 17.6. The topological polar surface area (TPSA) is 29.3 Å². The first-order valence-corrected chi connectivity index (χ1v) is 6.72. The summed E-state index contributed by atoms with van der Waals surface area (Å²) in [7, 11) is 2.14. The highest BCUT2D eigenvalue weighted by atomic mass is 35.5. The molecule has 1 atom stereocenters. The van der Waals surface area contributed by atoms with Crippen LogP contribution in [0.25, 0.3) is 0 Å². The molecular weight excluding hydrogens is 232 g/mol. The van der Waals surface area contributed by atoms with Crippen molar-refractivity contribution in [1.29, 1.82) is 0 Å². The van der Waals surface area contributed by atoms with Gasteiger partial charge in [-0.05, 0) is 50.3 Å². The van der Waals surface area contributed by atoms with E-state index >= 15 is 0 Å². The van der Waals surface area contributed by atoms with Gasteiger partial charge in [0.1, 0.15) is 0 Å². The number of hydrogen-bond donors (Lipinski definition) is 1. The molecule has 0 saturated heterocycles. The van der Waals surface area contributed by atoms with E-state index in [4.69, 9.17) is 17.3 Å². The largest absolute Gasteiger partial charge is 0.370 e. The van der Waals surface area contributed by atoms with E-state index in [9.17, 15) is 0 Å². The van der Waals surface area contributed by atoms with Crippen LogP contribution in [-0.4, -0.2) is 19.1 Å². The first-order chi connectivity index (χ1) is 8.08. The Hall–Kier alpha value is -0.730. The van der Waals surface area contributed by atoms with Crippen LogP contribution in [0.2, 0.25) is 5.02 Å². The summed E-state index contributed by atoms with van der Waals surface area (Å²) < 4.78 is 0. The number of benzene rings is 1. The minimum Gasteiger partial charge on any atom is -0.370 e. The summed E-state index contributed by atoms with van der Waals surface area (Å²) in [6.45, 7) is 2.02. The fourth-order valence-electron chi connectivity index (χ4n) is 2.31. The molecule has 0 heterocycles. The van der Waals surface area contributed by atoms with Gasteiger partial charge in [-0.3, -0.25) is 0 Å². The zero-order valence-electron chi connectivity index (χ0n) is 10.6. The molecular formula is C14H21ClN2. The molecule has 1 aromatic carbocycles. The van der Waals surface area contributed by atoms with Crippen LogP contribution in [0.1, 0.15) is 31.7 Å². The summed E-state index contributed by atoms with van der Waals surface area (Å²) >= 11 is 6.35. The number of anilines is 1. The smallest absolute Gasteiger partial charge is 0.0642 e. The third-order valence-corrected chi connectivity index (χ3v) is 3.87. The van der Waals surface area contributed by atoms with Crippen molar-refractivity contribution in [3.05, 3.63) is 28.8 Å². The second-order valence-corrected chi connectivity index (χ2v) is 5.57. The Morgan fingerprint density at radius 3 is 2.65 bits per heavy atom. The zero-order chi connectivity index (χ0) is 12.4. The molecule has 2 nitrogen and oxygen atoms in total. The minimum absolute atomic E-state index is 0.182. The maximum absolute atomic E-state index is 6.35. The standard InChI is InChI=1S/C14H21ClN2/c1-10(16)8-11-6-7-14(13(15)9-11)17(2)12-4-3-5-12/h6-7,9-10,12H,3-5,8,16H2,1-2H3. The third-order valence-electron chi connectivity index (χ3n) is 3.57. The number of rotatable bonds is 4. The SMILES string of the molecule is CC(N)Cc1ccc(N(C)C2CCC2)c(Cl)c1. The summed E-state index contributed by atoms with van der Waals surface area (Å²) in [6, 6.07) is 7.17. The van der Waals surface area contributed by atoms with Gasteiger partial charge < -0.3 is 10.6 Å². The van der Waals surface area contributed by atoms with Gasteiger partial charge in [-0.15, -0.1) is 0 Å². The van der Waals surface area contributed by atoms with Crippen molar-refractivity contribution in [2.75, 3.05) is 11.9 Å². The summed E-state index contributed by atoms with van der Waals surface area (Å²) in [5, 5.41) is 0.845. The highest BCUT2D eigenvalue weighted by molar-refractivity contribution is 6.33. The molecule has 2 N–H and O–H groups in total. The molecule has 1 fully saturated rings. The Kier molecular flexibility index (Phi) is 3.95. The van der Waals surface area contributed by atoms with E-state index in [0.717, 1.165) is 17.1 Å². The van der Waals surface area contributed by atoms with Crippen LogP contribution >= 0.6 is 11.6 Å². The minimum atomic E-state index is 0.182. The van der Waals surface area contributed by atoms with Gasteiger partial charge in [-0.2, -0.15) is 0 Å². The van der Waals surface area contributed by atoms with Gasteiger partial charge in [-0.25, -0.2) is 0 Å². The van der Waals surface area contributed by atoms with Crippen LogP contribution in [-0.2, 0) is 6.42 Å². The molecule has 1 aromatic rings. The van der Waals surface area contributed by atoms with Gasteiger partial charge in [0.15, 0.2) is 0 Å². The van der Waals surface area contributed by atoms with Gasteiger partial charge in [0, 0.05) is 19.1 Å². The second-order valence-electron chi connectivity index (χ2n) is 5.16. The molecule has 0 aliphatic heterocycles. The Labute approximate surface area is 109 Å². The molecule has 0 radical (unpaired) electrons. The highest BCUT2D eigenvalue weighted by Crippen LogP contribution is 2.33. The summed E-state index contributed by atoms with van der Waals surface area (Å²) in [4.78, 5) is 2.31. The van der Waals surface area contributed by atoms with E-state index in [1.165, 1.54) is 24.8 Å². The van der Waals surface area contributed by atoms with Crippen molar-refractivity contribution >= 4 is 17.3 Å². The van der Waals surface area contributed by atoms with Gasteiger partial charge in [0.2, 0.25) is 0 Å². The summed E-state index contributed by atoms with van der Waals surface area (Å²) in [6.07, 6.45) is 4.80. The molecule has 1 aliphatic rings. The Bertz CT molecular complexity index is 386. The van der Waals surface area contributed by atoms with Crippen molar-refractivity contribution in [1.82, 2.24) is 0 Å². The fourth-order valence-corrected chi connectivity index (χ4v) is 2.64. The van der Waals surface area contributed by atoms with Crippen molar-refractivity contribution in [3.63, 3.8) is 0 Å². The molecule has 1 aliphatic carbocycles. The van der Waals surface area contributed by atoms with Crippen LogP contribution in [0, 0.1) is 0 Å². The van der Waals surface area contributed by atoms with Crippen molar-refractivity contribution in [2.24, 2.45) is 5.73 Å². The lowest BCUT2D eigenvalue weighted by atomic mass is 9.91. The van der Waals surface area contributed by atoms with Crippen LogP contribution in [0.5, 0.6) is 0 Å². The quantitative estimate of drug-likeness (QED) is 0.892. The van der Waals surface area contributed by atoms with Gasteiger partial charge in [0.05, 0.1) is 10.7 Å². The molecule has 17 heavy (non-hydrogen) atoms. The Morgan fingerprint density at radius 2 is 2.18 bits per heavy atom. The number of nitrogens with zero attached hydrogens (tertiary/aromatic N) is 1. The van der Waals surface area contributed by atoms with Crippen molar-refractivity contribution in [3.8, 4) is 0 Å². The van der Waals surface area contributed by atoms with Crippen molar-refractivity contribution < 1.29 is 0 Å².